The Morgan fingerprint density at radius 2 is 2.14 bits per heavy atom. The van der Waals surface area contributed by atoms with Gasteiger partial charge in [0.2, 0.25) is 0 Å². The summed E-state index contributed by atoms with van der Waals surface area (Å²) in [5.41, 5.74) is 0.849. The third-order valence-electron chi connectivity index (χ3n) is 2.78. The molecule has 0 saturated heterocycles. The number of halogens is 1. The van der Waals surface area contributed by atoms with Gasteiger partial charge >= 0.3 is 0 Å². The largest absolute Gasteiger partial charge is 0.484 e. The van der Waals surface area contributed by atoms with E-state index in [1.54, 1.807) is 0 Å². The first-order valence-corrected chi connectivity index (χ1v) is 6.71. The van der Waals surface area contributed by atoms with Crippen LogP contribution in [0.25, 0.3) is 0 Å². The van der Waals surface area contributed by atoms with Crippen molar-refractivity contribution in [3.63, 3.8) is 0 Å². The molecule has 0 aliphatic heterocycles. The SMILES string of the molecule is Cc1cc(CCCNC(=O)COc2ccc(F)cc2)on1. The molecule has 0 fully saturated rings. The first-order valence-electron chi connectivity index (χ1n) is 6.71. The molecular formula is C15H17FN2O3. The van der Waals surface area contributed by atoms with Crippen LogP contribution >= 0.6 is 0 Å². The summed E-state index contributed by atoms with van der Waals surface area (Å²) >= 11 is 0. The van der Waals surface area contributed by atoms with Crippen LogP contribution in [-0.2, 0) is 11.2 Å². The van der Waals surface area contributed by atoms with Gasteiger partial charge in [0, 0.05) is 19.0 Å². The first kappa shape index (κ1) is 15.0. The number of carbonyl (C=O) groups excluding carboxylic acids is 1. The second-order valence-electron chi connectivity index (χ2n) is 4.63. The van der Waals surface area contributed by atoms with Crippen LogP contribution in [0.5, 0.6) is 5.75 Å². The second kappa shape index (κ2) is 7.42. The summed E-state index contributed by atoms with van der Waals surface area (Å²) in [5.74, 6) is 0.718. The van der Waals surface area contributed by atoms with Crippen LogP contribution in [0.3, 0.4) is 0 Å². The van der Waals surface area contributed by atoms with Crippen molar-refractivity contribution >= 4 is 5.91 Å². The van der Waals surface area contributed by atoms with Gasteiger partial charge in [0.1, 0.15) is 17.3 Å². The Kier molecular flexibility index (Phi) is 5.31. The molecule has 1 amide bonds. The van der Waals surface area contributed by atoms with Crippen molar-refractivity contribution in [2.75, 3.05) is 13.2 Å². The van der Waals surface area contributed by atoms with Crippen molar-refractivity contribution < 1.29 is 18.4 Å². The summed E-state index contributed by atoms with van der Waals surface area (Å²) < 4.78 is 23.0. The topological polar surface area (TPSA) is 64.4 Å². The number of nitrogens with zero attached hydrogens (tertiary/aromatic N) is 1. The number of ether oxygens (including phenoxy) is 1. The van der Waals surface area contributed by atoms with Gasteiger partial charge in [-0.05, 0) is 37.6 Å². The maximum absolute atomic E-state index is 12.7. The van der Waals surface area contributed by atoms with Gasteiger partial charge < -0.3 is 14.6 Å². The van der Waals surface area contributed by atoms with E-state index in [2.05, 4.69) is 10.5 Å². The summed E-state index contributed by atoms with van der Waals surface area (Å²) in [6.45, 7) is 2.31. The third kappa shape index (κ3) is 5.25. The van der Waals surface area contributed by atoms with E-state index in [9.17, 15) is 9.18 Å². The quantitative estimate of drug-likeness (QED) is 0.795. The van der Waals surface area contributed by atoms with Gasteiger partial charge in [-0.15, -0.1) is 0 Å². The van der Waals surface area contributed by atoms with Crippen molar-refractivity contribution in [3.05, 3.63) is 47.6 Å². The minimum absolute atomic E-state index is 0.0902. The van der Waals surface area contributed by atoms with E-state index in [1.807, 2.05) is 13.0 Å². The standard InChI is InChI=1S/C15H17FN2O3/c1-11-9-14(21-18-11)3-2-8-17-15(19)10-20-13-6-4-12(16)5-7-13/h4-7,9H,2-3,8,10H2,1H3,(H,17,19). The molecule has 112 valence electrons. The van der Waals surface area contributed by atoms with Gasteiger partial charge in [-0.1, -0.05) is 5.16 Å². The molecule has 1 aromatic heterocycles. The van der Waals surface area contributed by atoms with E-state index in [-0.39, 0.29) is 18.3 Å². The van der Waals surface area contributed by atoms with Crippen molar-refractivity contribution in [2.45, 2.75) is 19.8 Å². The average Bonchev–Trinajstić information content (AvgIpc) is 2.89. The van der Waals surface area contributed by atoms with E-state index >= 15 is 0 Å². The number of amides is 1. The predicted molar refractivity (Wildman–Crippen MR) is 74.5 cm³/mol. The number of benzene rings is 1. The lowest BCUT2D eigenvalue weighted by atomic mass is 10.2. The van der Waals surface area contributed by atoms with E-state index in [4.69, 9.17) is 9.26 Å². The normalized spacial score (nSPS) is 10.4. The molecule has 0 radical (unpaired) electrons. The maximum atomic E-state index is 12.7. The molecular weight excluding hydrogens is 275 g/mol. The Labute approximate surface area is 122 Å². The molecule has 1 N–H and O–H groups in total. The lowest BCUT2D eigenvalue weighted by Crippen LogP contribution is -2.29. The summed E-state index contributed by atoms with van der Waals surface area (Å²) in [5, 5.41) is 6.53. The number of nitrogens with one attached hydrogen (secondary N) is 1. The number of carbonyl (C=O) groups is 1. The van der Waals surface area contributed by atoms with Gasteiger partial charge in [-0.25, -0.2) is 4.39 Å². The first-order chi connectivity index (χ1) is 10.1. The fourth-order valence-corrected chi connectivity index (χ4v) is 1.76. The number of hydrogen-bond donors (Lipinski definition) is 1. The molecule has 6 heteroatoms. The Morgan fingerprint density at radius 1 is 1.38 bits per heavy atom. The molecule has 0 bridgehead atoms. The molecule has 1 heterocycles. The predicted octanol–water partition coefficient (Wildman–Crippen LogP) is 2.25. The highest BCUT2D eigenvalue weighted by molar-refractivity contribution is 5.77. The number of aryl methyl sites for hydroxylation is 2. The minimum atomic E-state index is -0.338. The van der Waals surface area contributed by atoms with Crippen LogP contribution in [0, 0.1) is 12.7 Å². The Bertz CT molecular complexity index is 581. The zero-order valence-electron chi connectivity index (χ0n) is 11.8. The van der Waals surface area contributed by atoms with E-state index in [1.165, 1.54) is 24.3 Å². The van der Waals surface area contributed by atoms with Gasteiger partial charge in [-0.2, -0.15) is 0 Å². The summed E-state index contributed by atoms with van der Waals surface area (Å²) in [6.07, 6.45) is 1.48. The highest BCUT2D eigenvalue weighted by Gasteiger charge is 2.04. The van der Waals surface area contributed by atoms with Crippen molar-refractivity contribution in [1.82, 2.24) is 10.5 Å². The molecule has 0 aliphatic carbocycles. The highest BCUT2D eigenvalue weighted by atomic mass is 19.1. The Morgan fingerprint density at radius 3 is 2.81 bits per heavy atom. The lowest BCUT2D eigenvalue weighted by Gasteiger charge is -2.07. The van der Waals surface area contributed by atoms with Gasteiger partial charge in [0.15, 0.2) is 6.61 Å². The molecule has 5 nitrogen and oxygen atoms in total. The third-order valence-corrected chi connectivity index (χ3v) is 2.78. The molecule has 21 heavy (non-hydrogen) atoms. The zero-order valence-corrected chi connectivity index (χ0v) is 11.8. The fraction of sp³-hybridized carbons (Fsp3) is 0.333. The zero-order chi connectivity index (χ0) is 15.1. The van der Waals surface area contributed by atoms with Crippen molar-refractivity contribution in [3.8, 4) is 5.75 Å². The van der Waals surface area contributed by atoms with Crippen LogP contribution in [0.4, 0.5) is 4.39 Å². The molecule has 0 saturated carbocycles. The average molecular weight is 292 g/mol. The van der Waals surface area contributed by atoms with Gasteiger partial charge in [0.05, 0.1) is 5.69 Å². The van der Waals surface area contributed by atoms with E-state index < -0.39 is 0 Å². The molecule has 0 spiro atoms. The van der Waals surface area contributed by atoms with Gasteiger partial charge in [0.25, 0.3) is 5.91 Å². The monoisotopic (exact) mass is 292 g/mol. The van der Waals surface area contributed by atoms with Crippen molar-refractivity contribution in [2.24, 2.45) is 0 Å². The smallest absolute Gasteiger partial charge is 0.257 e. The number of aromatic nitrogens is 1. The van der Waals surface area contributed by atoms with Crippen LogP contribution in [0.1, 0.15) is 17.9 Å². The molecule has 0 aliphatic rings. The summed E-state index contributed by atoms with van der Waals surface area (Å²) in [7, 11) is 0. The van der Waals surface area contributed by atoms with Crippen molar-refractivity contribution in [1.29, 1.82) is 0 Å². The number of rotatable bonds is 7. The van der Waals surface area contributed by atoms with Crippen LogP contribution in [0.15, 0.2) is 34.9 Å². The summed E-state index contributed by atoms with van der Waals surface area (Å²) in [6, 6.07) is 7.41. The van der Waals surface area contributed by atoms with Crippen LogP contribution in [-0.4, -0.2) is 24.2 Å². The molecule has 1 aromatic carbocycles. The minimum Gasteiger partial charge on any atom is -0.484 e. The Balaban J connectivity index is 1.60. The second-order valence-corrected chi connectivity index (χ2v) is 4.63. The van der Waals surface area contributed by atoms with E-state index in [0.29, 0.717) is 12.3 Å². The highest BCUT2D eigenvalue weighted by Crippen LogP contribution is 2.10. The van der Waals surface area contributed by atoms with E-state index in [0.717, 1.165) is 24.3 Å². The van der Waals surface area contributed by atoms with Crippen LogP contribution < -0.4 is 10.1 Å². The Hall–Kier alpha value is -2.37. The van der Waals surface area contributed by atoms with Gasteiger partial charge in [-0.3, -0.25) is 4.79 Å². The fourth-order valence-electron chi connectivity index (χ4n) is 1.76. The molecule has 2 aromatic rings. The maximum Gasteiger partial charge on any atom is 0.257 e. The molecule has 2 rings (SSSR count). The molecule has 0 atom stereocenters. The molecule has 0 unspecified atom stereocenters. The summed E-state index contributed by atoms with van der Waals surface area (Å²) in [4.78, 5) is 11.6. The number of hydrogen-bond acceptors (Lipinski definition) is 4. The lowest BCUT2D eigenvalue weighted by molar-refractivity contribution is -0.123. The van der Waals surface area contributed by atoms with Crippen LogP contribution in [0.2, 0.25) is 0 Å².